The molecule has 1 heterocycles. The molecule has 130 valence electrons. The Hall–Kier alpha value is -3.07. The van der Waals surface area contributed by atoms with Gasteiger partial charge < -0.3 is 0 Å². The van der Waals surface area contributed by atoms with Crippen molar-refractivity contribution in [3.8, 4) is 22.4 Å². The van der Waals surface area contributed by atoms with Crippen LogP contribution in [-0.4, -0.2) is 11.3 Å². The standard InChI is InChI=1S/C23H20FNO/c1-16(2)23-20(9-6-14-26)21(17-10-12-19(24)13-11-17)15-22(25-23)18-7-4-3-5-8-18/h3-16H,1-2H3. The molecule has 1 aromatic heterocycles. The third-order valence-corrected chi connectivity index (χ3v) is 4.20. The van der Waals surface area contributed by atoms with E-state index in [2.05, 4.69) is 13.8 Å². The third-order valence-electron chi connectivity index (χ3n) is 4.20. The molecule has 3 rings (SSSR count). The molecule has 0 aliphatic carbocycles. The smallest absolute Gasteiger partial charge is 0.142 e. The van der Waals surface area contributed by atoms with E-state index in [-0.39, 0.29) is 11.7 Å². The maximum absolute atomic E-state index is 13.4. The summed E-state index contributed by atoms with van der Waals surface area (Å²) in [4.78, 5) is 15.7. The molecule has 3 heteroatoms. The van der Waals surface area contributed by atoms with E-state index in [1.54, 1.807) is 18.2 Å². The van der Waals surface area contributed by atoms with Gasteiger partial charge in [0.15, 0.2) is 0 Å². The van der Waals surface area contributed by atoms with E-state index in [9.17, 15) is 9.18 Å². The van der Waals surface area contributed by atoms with Crippen molar-refractivity contribution >= 4 is 12.4 Å². The maximum atomic E-state index is 13.4. The lowest BCUT2D eigenvalue weighted by Crippen LogP contribution is -2.01. The van der Waals surface area contributed by atoms with Gasteiger partial charge in [0, 0.05) is 11.1 Å². The Kier molecular flexibility index (Phi) is 5.37. The first-order valence-electron chi connectivity index (χ1n) is 8.58. The van der Waals surface area contributed by atoms with E-state index in [1.807, 2.05) is 36.4 Å². The molecule has 0 aliphatic rings. The van der Waals surface area contributed by atoms with Crippen molar-refractivity contribution in [2.45, 2.75) is 19.8 Å². The number of rotatable bonds is 5. The fourth-order valence-corrected chi connectivity index (χ4v) is 2.95. The largest absolute Gasteiger partial charge is 0.299 e. The Morgan fingerprint density at radius 3 is 2.27 bits per heavy atom. The fourth-order valence-electron chi connectivity index (χ4n) is 2.95. The molecule has 0 fully saturated rings. The second-order valence-corrected chi connectivity index (χ2v) is 6.38. The number of aldehydes is 1. The summed E-state index contributed by atoms with van der Waals surface area (Å²) in [7, 11) is 0. The predicted molar refractivity (Wildman–Crippen MR) is 104 cm³/mol. The average Bonchev–Trinajstić information content (AvgIpc) is 2.67. The summed E-state index contributed by atoms with van der Waals surface area (Å²) in [5.41, 5.74) is 5.49. The number of hydrogen-bond donors (Lipinski definition) is 0. The first-order valence-corrected chi connectivity index (χ1v) is 8.58. The number of pyridine rings is 1. The van der Waals surface area contributed by atoms with Gasteiger partial charge in [0.1, 0.15) is 12.1 Å². The number of halogens is 1. The Bertz CT molecular complexity index is 928. The number of hydrogen-bond acceptors (Lipinski definition) is 2. The van der Waals surface area contributed by atoms with Crippen LogP contribution in [0.3, 0.4) is 0 Å². The number of nitrogens with zero attached hydrogens (tertiary/aromatic N) is 1. The number of carbonyl (C=O) groups is 1. The van der Waals surface area contributed by atoms with E-state index in [1.165, 1.54) is 18.2 Å². The zero-order valence-electron chi connectivity index (χ0n) is 14.8. The zero-order chi connectivity index (χ0) is 18.5. The Labute approximate surface area is 153 Å². The van der Waals surface area contributed by atoms with Crippen molar-refractivity contribution in [2.24, 2.45) is 0 Å². The van der Waals surface area contributed by atoms with E-state index in [0.717, 1.165) is 39.9 Å². The quantitative estimate of drug-likeness (QED) is 0.426. The molecule has 0 saturated carbocycles. The third kappa shape index (κ3) is 3.77. The summed E-state index contributed by atoms with van der Waals surface area (Å²) in [6.07, 6.45) is 4.00. The lowest BCUT2D eigenvalue weighted by molar-refractivity contribution is -0.104. The van der Waals surface area contributed by atoms with Crippen molar-refractivity contribution in [3.05, 3.63) is 83.8 Å². The van der Waals surface area contributed by atoms with Crippen LogP contribution in [-0.2, 0) is 4.79 Å². The highest BCUT2D eigenvalue weighted by molar-refractivity contribution is 5.84. The highest BCUT2D eigenvalue weighted by Gasteiger charge is 2.16. The Morgan fingerprint density at radius 1 is 0.962 bits per heavy atom. The molecular weight excluding hydrogens is 325 g/mol. The van der Waals surface area contributed by atoms with Crippen molar-refractivity contribution in [1.29, 1.82) is 0 Å². The average molecular weight is 345 g/mol. The van der Waals surface area contributed by atoms with Gasteiger partial charge in [-0.15, -0.1) is 0 Å². The highest BCUT2D eigenvalue weighted by Crippen LogP contribution is 2.34. The summed E-state index contributed by atoms with van der Waals surface area (Å²) in [5, 5.41) is 0. The van der Waals surface area contributed by atoms with Gasteiger partial charge in [-0.3, -0.25) is 9.78 Å². The van der Waals surface area contributed by atoms with Gasteiger partial charge in [-0.05, 0) is 47.4 Å². The number of carbonyl (C=O) groups excluding carboxylic acids is 1. The molecule has 0 radical (unpaired) electrons. The van der Waals surface area contributed by atoms with Gasteiger partial charge in [0.05, 0.1) is 11.4 Å². The molecule has 0 spiro atoms. The SMILES string of the molecule is CC(C)c1nc(-c2ccccc2)cc(-c2ccc(F)cc2)c1C=CC=O. The van der Waals surface area contributed by atoms with Crippen molar-refractivity contribution in [1.82, 2.24) is 4.98 Å². The van der Waals surface area contributed by atoms with Crippen LogP contribution >= 0.6 is 0 Å². The van der Waals surface area contributed by atoms with Crippen molar-refractivity contribution < 1.29 is 9.18 Å². The summed E-state index contributed by atoms with van der Waals surface area (Å²) in [6.45, 7) is 4.15. The minimum Gasteiger partial charge on any atom is -0.299 e. The summed E-state index contributed by atoms with van der Waals surface area (Å²) >= 11 is 0. The molecule has 2 nitrogen and oxygen atoms in total. The molecular formula is C23H20FNO. The molecule has 26 heavy (non-hydrogen) atoms. The van der Waals surface area contributed by atoms with Crippen LogP contribution in [0.4, 0.5) is 4.39 Å². The molecule has 0 N–H and O–H groups in total. The molecule has 0 atom stereocenters. The molecule has 3 aromatic rings. The maximum Gasteiger partial charge on any atom is 0.142 e. The molecule has 2 aromatic carbocycles. The first-order chi connectivity index (χ1) is 12.6. The van der Waals surface area contributed by atoms with Crippen molar-refractivity contribution in [2.75, 3.05) is 0 Å². The topological polar surface area (TPSA) is 30.0 Å². The Balaban J connectivity index is 2.30. The summed E-state index contributed by atoms with van der Waals surface area (Å²) < 4.78 is 13.4. The minimum absolute atomic E-state index is 0.171. The molecule has 0 unspecified atom stereocenters. The molecule has 0 amide bonds. The number of aromatic nitrogens is 1. The van der Waals surface area contributed by atoms with Crippen LogP contribution in [0.5, 0.6) is 0 Å². The van der Waals surface area contributed by atoms with E-state index < -0.39 is 0 Å². The van der Waals surface area contributed by atoms with Crippen LogP contribution in [0, 0.1) is 5.82 Å². The minimum atomic E-state index is -0.278. The van der Waals surface area contributed by atoms with E-state index >= 15 is 0 Å². The first kappa shape index (κ1) is 17.7. The van der Waals surface area contributed by atoms with Gasteiger partial charge in [-0.25, -0.2) is 4.39 Å². The predicted octanol–water partition coefficient (Wildman–Crippen LogP) is 5.89. The fraction of sp³-hybridized carbons (Fsp3) is 0.130. The van der Waals surface area contributed by atoms with Crippen LogP contribution in [0.15, 0.2) is 66.7 Å². The second-order valence-electron chi connectivity index (χ2n) is 6.38. The number of allylic oxidation sites excluding steroid dienone is 1. The lowest BCUT2D eigenvalue weighted by Gasteiger charge is -2.17. The Morgan fingerprint density at radius 2 is 1.65 bits per heavy atom. The van der Waals surface area contributed by atoms with Gasteiger partial charge in [-0.2, -0.15) is 0 Å². The summed E-state index contributed by atoms with van der Waals surface area (Å²) in [6, 6.07) is 18.3. The van der Waals surface area contributed by atoms with Crippen LogP contribution in [0.1, 0.15) is 31.0 Å². The van der Waals surface area contributed by atoms with Crippen LogP contribution in [0.25, 0.3) is 28.5 Å². The monoisotopic (exact) mass is 345 g/mol. The van der Waals surface area contributed by atoms with Crippen molar-refractivity contribution in [3.63, 3.8) is 0 Å². The second kappa shape index (κ2) is 7.87. The van der Waals surface area contributed by atoms with E-state index in [0.29, 0.717) is 0 Å². The van der Waals surface area contributed by atoms with Crippen LogP contribution < -0.4 is 0 Å². The lowest BCUT2D eigenvalue weighted by atomic mass is 9.92. The zero-order valence-corrected chi connectivity index (χ0v) is 14.8. The van der Waals surface area contributed by atoms with E-state index in [4.69, 9.17) is 4.98 Å². The highest BCUT2D eigenvalue weighted by atomic mass is 19.1. The number of benzene rings is 2. The summed E-state index contributed by atoms with van der Waals surface area (Å²) in [5.74, 6) is -0.107. The molecule has 0 aliphatic heterocycles. The van der Waals surface area contributed by atoms with Gasteiger partial charge in [-0.1, -0.05) is 56.3 Å². The molecule has 0 bridgehead atoms. The van der Waals surface area contributed by atoms with Gasteiger partial charge in [0.25, 0.3) is 0 Å². The van der Waals surface area contributed by atoms with Crippen LogP contribution in [0.2, 0.25) is 0 Å². The normalized spacial score (nSPS) is 11.2. The van der Waals surface area contributed by atoms with Gasteiger partial charge >= 0.3 is 0 Å². The molecule has 0 saturated heterocycles. The van der Waals surface area contributed by atoms with Gasteiger partial charge in [0.2, 0.25) is 0 Å².